The summed E-state index contributed by atoms with van der Waals surface area (Å²) in [5.41, 5.74) is 3.86. The van der Waals surface area contributed by atoms with Crippen LogP contribution in [0.15, 0.2) is 42.5 Å². The standard InChI is InChI=1S/C24H28N4O2S/c1-16-8-6-9-17(2)23(16)26-21(29)14-27(3)22(30)15-28-13-7-11-19(28)24-25-18-10-4-5-12-20(18)31-24/h4-6,8-10,12,19H,7,11,13-15H2,1-3H3,(H,26,29). The Hall–Kier alpha value is -2.77. The average Bonchev–Trinajstić information content (AvgIpc) is 3.37. The van der Waals surface area contributed by atoms with Gasteiger partial charge in [-0.2, -0.15) is 0 Å². The number of likely N-dealkylation sites (N-methyl/N-ethyl adjacent to an activating group) is 1. The minimum absolute atomic E-state index is 0.0340. The molecule has 1 aromatic heterocycles. The van der Waals surface area contributed by atoms with Gasteiger partial charge in [0.1, 0.15) is 5.01 Å². The lowest BCUT2D eigenvalue weighted by atomic mass is 10.1. The van der Waals surface area contributed by atoms with Crippen LogP contribution in [0.1, 0.15) is 35.0 Å². The number of fused-ring (bicyclic) bond motifs is 1. The lowest BCUT2D eigenvalue weighted by Gasteiger charge is -2.25. The van der Waals surface area contributed by atoms with Crippen LogP contribution in [0.4, 0.5) is 5.69 Å². The number of aryl methyl sites for hydroxylation is 2. The Kier molecular flexibility index (Phi) is 6.34. The van der Waals surface area contributed by atoms with Gasteiger partial charge in [-0.05, 0) is 56.5 Å². The molecular formula is C24H28N4O2S. The minimum Gasteiger partial charge on any atom is -0.335 e. The van der Waals surface area contributed by atoms with Crippen LogP contribution in [0.25, 0.3) is 10.2 Å². The lowest BCUT2D eigenvalue weighted by molar-refractivity contribution is -0.134. The minimum atomic E-state index is -0.183. The van der Waals surface area contributed by atoms with Crippen LogP contribution in [0, 0.1) is 13.8 Å². The zero-order valence-corrected chi connectivity index (χ0v) is 19.0. The zero-order chi connectivity index (χ0) is 22.0. The van der Waals surface area contributed by atoms with E-state index in [1.807, 2.05) is 50.2 Å². The van der Waals surface area contributed by atoms with Crippen molar-refractivity contribution in [1.29, 1.82) is 0 Å². The van der Waals surface area contributed by atoms with E-state index in [0.29, 0.717) is 6.54 Å². The number of likely N-dealkylation sites (tertiary alicyclic amines) is 1. The Morgan fingerprint density at radius 1 is 1.16 bits per heavy atom. The number of benzene rings is 2. The number of anilines is 1. The second kappa shape index (κ2) is 9.16. The quantitative estimate of drug-likeness (QED) is 0.631. The first-order chi connectivity index (χ1) is 14.9. The molecule has 0 bridgehead atoms. The number of nitrogens with one attached hydrogen (secondary N) is 1. The Labute approximate surface area is 186 Å². The molecule has 7 heteroatoms. The summed E-state index contributed by atoms with van der Waals surface area (Å²) < 4.78 is 1.18. The van der Waals surface area contributed by atoms with Crippen molar-refractivity contribution >= 4 is 39.1 Å². The summed E-state index contributed by atoms with van der Waals surface area (Å²) in [7, 11) is 1.69. The van der Waals surface area contributed by atoms with E-state index in [1.54, 1.807) is 18.4 Å². The van der Waals surface area contributed by atoms with E-state index < -0.39 is 0 Å². The van der Waals surface area contributed by atoms with Gasteiger partial charge in [-0.3, -0.25) is 14.5 Å². The van der Waals surface area contributed by atoms with Gasteiger partial charge in [0, 0.05) is 12.7 Å². The third-order valence-electron chi connectivity index (χ3n) is 5.85. The molecule has 0 radical (unpaired) electrons. The summed E-state index contributed by atoms with van der Waals surface area (Å²) in [5, 5.41) is 4.02. The van der Waals surface area contributed by atoms with E-state index in [2.05, 4.69) is 16.3 Å². The number of amides is 2. The second-order valence-corrected chi connectivity index (χ2v) is 9.28. The topological polar surface area (TPSA) is 65.5 Å². The highest BCUT2D eigenvalue weighted by atomic mass is 32.1. The predicted octanol–water partition coefficient (Wildman–Crippen LogP) is 4.15. The summed E-state index contributed by atoms with van der Waals surface area (Å²) in [4.78, 5) is 33.9. The summed E-state index contributed by atoms with van der Waals surface area (Å²) >= 11 is 1.71. The highest BCUT2D eigenvalue weighted by molar-refractivity contribution is 7.18. The number of carbonyl (C=O) groups is 2. The number of hydrogen-bond donors (Lipinski definition) is 1. The number of rotatable bonds is 6. The fraction of sp³-hybridized carbons (Fsp3) is 0.375. The van der Waals surface area contributed by atoms with Crippen molar-refractivity contribution in [1.82, 2.24) is 14.8 Å². The monoisotopic (exact) mass is 436 g/mol. The fourth-order valence-electron chi connectivity index (χ4n) is 4.12. The Morgan fingerprint density at radius 3 is 2.65 bits per heavy atom. The molecule has 6 nitrogen and oxygen atoms in total. The molecule has 1 unspecified atom stereocenters. The predicted molar refractivity (Wildman–Crippen MR) is 125 cm³/mol. The maximum atomic E-state index is 12.9. The molecule has 3 aromatic rings. The molecule has 1 N–H and O–H groups in total. The number of hydrogen-bond acceptors (Lipinski definition) is 5. The number of thiazole rings is 1. The van der Waals surface area contributed by atoms with E-state index in [0.717, 1.165) is 46.7 Å². The smallest absolute Gasteiger partial charge is 0.243 e. The van der Waals surface area contributed by atoms with Gasteiger partial charge < -0.3 is 10.2 Å². The van der Waals surface area contributed by atoms with Gasteiger partial charge in [-0.1, -0.05) is 30.3 Å². The molecule has 2 aromatic carbocycles. The number of para-hydroxylation sites is 2. The van der Waals surface area contributed by atoms with E-state index in [1.165, 1.54) is 9.60 Å². The van der Waals surface area contributed by atoms with Crippen LogP contribution >= 0.6 is 11.3 Å². The molecule has 31 heavy (non-hydrogen) atoms. The molecule has 2 heterocycles. The summed E-state index contributed by atoms with van der Waals surface area (Å²) in [6.07, 6.45) is 2.05. The maximum Gasteiger partial charge on any atom is 0.243 e. The van der Waals surface area contributed by atoms with Crippen molar-refractivity contribution in [3.05, 3.63) is 58.6 Å². The van der Waals surface area contributed by atoms with E-state index in [-0.39, 0.29) is 24.4 Å². The van der Waals surface area contributed by atoms with E-state index in [9.17, 15) is 9.59 Å². The van der Waals surface area contributed by atoms with Gasteiger partial charge in [-0.15, -0.1) is 11.3 Å². The summed E-state index contributed by atoms with van der Waals surface area (Å²) in [6, 6.07) is 14.2. The van der Waals surface area contributed by atoms with Crippen LogP contribution < -0.4 is 5.32 Å². The van der Waals surface area contributed by atoms with Crippen molar-refractivity contribution in [3.8, 4) is 0 Å². The van der Waals surface area contributed by atoms with E-state index in [4.69, 9.17) is 4.98 Å². The third-order valence-corrected chi connectivity index (χ3v) is 6.99. The number of nitrogens with zero attached hydrogens (tertiary/aromatic N) is 3. The Bertz CT molecular complexity index is 1060. The van der Waals surface area contributed by atoms with Crippen molar-refractivity contribution in [2.45, 2.75) is 32.7 Å². The molecule has 1 aliphatic rings. The molecule has 0 aliphatic carbocycles. The van der Waals surface area contributed by atoms with Crippen LogP contribution in [0.5, 0.6) is 0 Å². The Balaban J connectivity index is 1.37. The first kappa shape index (κ1) is 21.5. The van der Waals surface area contributed by atoms with Crippen LogP contribution in [-0.4, -0.2) is 53.3 Å². The molecule has 1 aliphatic heterocycles. The molecule has 162 valence electrons. The third kappa shape index (κ3) is 4.78. The summed E-state index contributed by atoms with van der Waals surface area (Å²) in [6.45, 7) is 5.13. The second-order valence-electron chi connectivity index (χ2n) is 8.21. The van der Waals surface area contributed by atoms with Gasteiger partial charge in [-0.25, -0.2) is 4.98 Å². The van der Waals surface area contributed by atoms with Gasteiger partial charge >= 0.3 is 0 Å². The zero-order valence-electron chi connectivity index (χ0n) is 18.2. The average molecular weight is 437 g/mol. The van der Waals surface area contributed by atoms with Crippen molar-refractivity contribution in [2.75, 3.05) is 32.0 Å². The largest absolute Gasteiger partial charge is 0.335 e. The highest BCUT2D eigenvalue weighted by Gasteiger charge is 2.31. The first-order valence-corrected chi connectivity index (χ1v) is 11.4. The molecule has 2 amide bonds. The molecular weight excluding hydrogens is 408 g/mol. The van der Waals surface area contributed by atoms with E-state index >= 15 is 0 Å². The van der Waals surface area contributed by atoms with Crippen LogP contribution in [0.3, 0.4) is 0 Å². The lowest BCUT2D eigenvalue weighted by Crippen LogP contribution is -2.41. The van der Waals surface area contributed by atoms with Gasteiger partial charge in [0.05, 0.1) is 29.3 Å². The Morgan fingerprint density at radius 2 is 1.90 bits per heavy atom. The molecule has 1 atom stereocenters. The molecule has 0 spiro atoms. The van der Waals surface area contributed by atoms with Crippen molar-refractivity contribution in [2.24, 2.45) is 0 Å². The van der Waals surface area contributed by atoms with Crippen molar-refractivity contribution < 1.29 is 9.59 Å². The van der Waals surface area contributed by atoms with Gasteiger partial charge in [0.15, 0.2) is 0 Å². The molecule has 1 saturated heterocycles. The highest BCUT2D eigenvalue weighted by Crippen LogP contribution is 2.36. The fourth-order valence-corrected chi connectivity index (χ4v) is 5.25. The molecule has 0 saturated carbocycles. The van der Waals surface area contributed by atoms with Gasteiger partial charge in [0.25, 0.3) is 0 Å². The number of aromatic nitrogens is 1. The molecule has 4 rings (SSSR count). The van der Waals surface area contributed by atoms with Crippen molar-refractivity contribution in [3.63, 3.8) is 0 Å². The number of carbonyl (C=O) groups excluding carboxylic acids is 2. The van der Waals surface area contributed by atoms with Gasteiger partial charge in [0.2, 0.25) is 11.8 Å². The maximum absolute atomic E-state index is 12.9. The first-order valence-electron chi connectivity index (χ1n) is 10.6. The summed E-state index contributed by atoms with van der Waals surface area (Å²) in [5.74, 6) is -0.234. The molecule has 1 fully saturated rings. The van der Waals surface area contributed by atoms with Crippen LogP contribution in [0.2, 0.25) is 0 Å². The SMILES string of the molecule is Cc1cccc(C)c1NC(=O)CN(C)C(=O)CN1CCCC1c1nc2ccccc2s1. The van der Waals surface area contributed by atoms with Crippen LogP contribution in [-0.2, 0) is 9.59 Å². The normalized spacial score (nSPS) is 16.5.